The fraction of sp³-hybridized carbons (Fsp3) is 0.294. The summed E-state index contributed by atoms with van der Waals surface area (Å²) in [6, 6.07) is 12.7. The maximum Gasteiger partial charge on any atom is 0.0839 e. The average Bonchev–Trinajstić information content (AvgIpc) is 2.94. The fourth-order valence-corrected chi connectivity index (χ4v) is 2.53. The van der Waals surface area contributed by atoms with Gasteiger partial charge in [0.15, 0.2) is 0 Å². The number of aryl methyl sites for hydroxylation is 1. The van der Waals surface area contributed by atoms with E-state index in [1.54, 1.807) is 0 Å². The van der Waals surface area contributed by atoms with E-state index >= 15 is 0 Å². The van der Waals surface area contributed by atoms with Gasteiger partial charge >= 0.3 is 0 Å². The summed E-state index contributed by atoms with van der Waals surface area (Å²) in [4.78, 5) is 4.45. The fourth-order valence-electron chi connectivity index (χ4n) is 2.53. The van der Waals surface area contributed by atoms with Crippen LogP contribution < -0.4 is 5.32 Å². The van der Waals surface area contributed by atoms with E-state index < -0.39 is 0 Å². The van der Waals surface area contributed by atoms with E-state index in [9.17, 15) is 0 Å². The smallest absolute Gasteiger partial charge is 0.0839 e. The molecule has 0 radical (unpaired) electrons. The van der Waals surface area contributed by atoms with Crippen LogP contribution >= 0.6 is 0 Å². The number of aromatic nitrogens is 3. The molecule has 0 amide bonds. The Morgan fingerprint density at radius 1 is 1.24 bits per heavy atom. The Hall–Kier alpha value is -2.20. The molecule has 0 aliphatic heterocycles. The number of nitrogens with zero attached hydrogens (tertiary/aromatic N) is 3. The van der Waals surface area contributed by atoms with Gasteiger partial charge in [-0.15, -0.1) is 0 Å². The van der Waals surface area contributed by atoms with E-state index in [4.69, 9.17) is 0 Å². The Morgan fingerprint density at radius 3 is 2.90 bits per heavy atom. The van der Waals surface area contributed by atoms with Crippen molar-refractivity contribution in [1.29, 1.82) is 0 Å². The molecule has 0 spiro atoms. The second-order valence-corrected chi connectivity index (χ2v) is 5.26. The van der Waals surface area contributed by atoms with Crippen LogP contribution in [0, 0.1) is 0 Å². The average molecular weight is 280 g/mol. The highest BCUT2D eigenvalue weighted by Gasteiger charge is 2.16. The summed E-state index contributed by atoms with van der Waals surface area (Å²) in [7, 11) is 1.95. The molecule has 1 N–H and O–H groups in total. The normalized spacial score (nSPS) is 12.7. The van der Waals surface area contributed by atoms with Crippen molar-refractivity contribution in [1.82, 2.24) is 20.1 Å². The highest BCUT2D eigenvalue weighted by Crippen LogP contribution is 2.23. The molecule has 21 heavy (non-hydrogen) atoms. The Morgan fingerprint density at radius 2 is 2.14 bits per heavy atom. The van der Waals surface area contributed by atoms with Crippen molar-refractivity contribution in [2.45, 2.75) is 19.4 Å². The lowest BCUT2D eigenvalue weighted by atomic mass is 10.0. The molecule has 0 saturated carbocycles. The molecule has 0 bridgehead atoms. The molecular weight excluding hydrogens is 260 g/mol. The van der Waals surface area contributed by atoms with E-state index in [-0.39, 0.29) is 6.04 Å². The largest absolute Gasteiger partial charge is 0.305 e. The van der Waals surface area contributed by atoms with Gasteiger partial charge in [-0.1, -0.05) is 25.1 Å². The summed E-state index contributed by atoms with van der Waals surface area (Å²) >= 11 is 0. The van der Waals surface area contributed by atoms with E-state index in [2.05, 4.69) is 52.7 Å². The Labute approximate surface area is 124 Å². The van der Waals surface area contributed by atoms with Gasteiger partial charge < -0.3 is 5.32 Å². The van der Waals surface area contributed by atoms with Gasteiger partial charge in [-0.05, 0) is 36.7 Å². The highest BCUT2D eigenvalue weighted by molar-refractivity contribution is 5.79. The van der Waals surface area contributed by atoms with Crippen LogP contribution in [0.2, 0.25) is 0 Å². The lowest BCUT2D eigenvalue weighted by Gasteiger charge is -2.17. The number of fused-ring (bicyclic) bond motifs is 1. The van der Waals surface area contributed by atoms with Gasteiger partial charge in [0, 0.05) is 24.8 Å². The van der Waals surface area contributed by atoms with Gasteiger partial charge in [-0.3, -0.25) is 9.67 Å². The molecule has 108 valence electrons. The van der Waals surface area contributed by atoms with Crippen LogP contribution in [0.15, 0.2) is 48.8 Å². The molecule has 0 aliphatic carbocycles. The van der Waals surface area contributed by atoms with Crippen molar-refractivity contribution in [2.24, 2.45) is 7.05 Å². The van der Waals surface area contributed by atoms with Crippen LogP contribution in [0.5, 0.6) is 0 Å². The molecule has 4 heteroatoms. The second-order valence-electron chi connectivity index (χ2n) is 5.26. The SMILES string of the molecule is CCCNC(c1ccc2cccnc2c1)c1ccn(C)n1. The van der Waals surface area contributed by atoms with Crippen molar-refractivity contribution in [2.75, 3.05) is 6.54 Å². The zero-order valence-electron chi connectivity index (χ0n) is 12.5. The lowest BCUT2D eigenvalue weighted by molar-refractivity contribution is 0.576. The summed E-state index contributed by atoms with van der Waals surface area (Å²) in [6.45, 7) is 3.13. The Balaban J connectivity index is 2.00. The standard InChI is InChI=1S/C17H20N4/c1-3-9-19-17(15-8-11-21(2)20-15)14-7-6-13-5-4-10-18-16(13)12-14/h4-8,10-12,17,19H,3,9H2,1-2H3. The molecule has 0 fully saturated rings. The minimum atomic E-state index is 0.109. The van der Waals surface area contributed by atoms with Gasteiger partial charge in [0.1, 0.15) is 0 Å². The summed E-state index contributed by atoms with van der Waals surface area (Å²) in [5, 5.41) is 9.29. The Bertz CT molecular complexity index is 732. The van der Waals surface area contributed by atoms with Crippen LogP contribution in [0.1, 0.15) is 30.6 Å². The molecule has 2 aromatic heterocycles. The van der Waals surface area contributed by atoms with Gasteiger partial charge in [-0.2, -0.15) is 5.10 Å². The molecule has 0 aliphatic rings. The van der Waals surface area contributed by atoms with Crippen LogP contribution in [0.4, 0.5) is 0 Å². The summed E-state index contributed by atoms with van der Waals surface area (Å²) in [5.74, 6) is 0. The third kappa shape index (κ3) is 2.95. The molecule has 1 aromatic carbocycles. The zero-order chi connectivity index (χ0) is 14.7. The van der Waals surface area contributed by atoms with Crippen LogP contribution in [0.3, 0.4) is 0 Å². The summed E-state index contributed by atoms with van der Waals surface area (Å²) in [5.41, 5.74) is 3.27. The van der Waals surface area contributed by atoms with Gasteiger partial charge in [0.2, 0.25) is 0 Å². The maximum atomic E-state index is 4.55. The van der Waals surface area contributed by atoms with E-state index in [0.717, 1.165) is 29.6 Å². The molecule has 1 unspecified atom stereocenters. The van der Waals surface area contributed by atoms with Crippen LogP contribution in [-0.4, -0.2) is 21.3 Å². The van der Waals surface area contributed by atoms with Crippen molar-refractivity contribution < 1.29 is 0 Å². The number of hydrogen-bond donors (Lipinski definition) is 1. The number of pyridine rings is 1. The van der Waals surface area contributed by atoms with Crippen LogP contribution in [-0.2, 0) is 7.05 Å². The quantitative estimate of drug-likeness (QED) is 0.781. The first kappa shape index (κ1) is 13.8. The van der Waals surface area contributed by atoms with Gasteiger partial charge in [-0.25, -0.2) is 0 Å². The zero-order valence-corrected chi connectivity index (χ0v) is 12.5. The van der Waals surface area contributed by atoms with Gasteiger partial charge in [0.25, 0.3) is 0 Å². The van der Waals surface area contributed by atoms with Crippen LogP contribution in [0.25, 0.3) is 10.9 Å². The third-order valence-electron chi connectivity index (χ3n) is 3.59. The van der Waals surface area contributed by atoms with E-state index in [0.29, 0.717) is 0 Å². The molecule has 0 saturated heterocycles. The second kappa shape index (κ2) is 6.06. The number of benzene rings is 1. The first-order valence-corrected chi connectivity index (χ1v) is 7.35. The molecule has 4 nitrogen and oxygen atoms in total. The minimum Gasteiger partial charge on any atom is -0.305 e. The minimum absolute atomic E-state index is 0.109. The lowest BCUT2D eigenvalue weighted by Crippen LogP contribution is -2.23. The topological polar surface area (TPSA) is 42.7 Å². The van der Waals surface area contributed by atoms with Crippen molar-refractivity contribution in [3.63, 3.8) is 0 Å². The van der Waals surface area contributed by atoms with Crippen molar-refractivity contribution >= 4 is 10.9 Å². The number of hydrogen-bond acceptors (Lipinski definition) is 3. The molecule has 2 heterocycles. The third-order valence-corrected chi connectivity index (χ3v) is 3.59. The monoisotopic (exact) mass is 280 g/mol. The molecular formula is C17H20N4. The number of rotatable bonds is 5. The van der Waals surface area contributed by atoms with E-state index in [1.165, 1.54) is 5.56 Å². The Kier molecular flexibility index (Phi) is 3.97. The first-order valence-electron chi connectivity index (χ1n) is 7.35. The van der Waals surface area contributed by atoms with Crippen molar-refractivity contribution in [3.05, 3.63) is 60.0 Å². The molecule has 1 atom stereocenters. The predicted octanol–water partition coefficient (Wildman–Crippen LogP) is 3.06. The van der Waals surface area contributed by atoms with Crippen molar-refractivity contribution in [3.8, 4) is 0 Å². The van der Waals surface area contributed by atoms with Gasteiger partial charge in [0.05, 0.1) is 17.3 Å². The summed E-state index contributed by atoms with van der Waals surface area (Å²) in [6.07, 6.45) is 4.91. The highest BCUT2D eigenvalue weighted by atomic mass is 15.3. The molecule has 3 rings (SSSR count). The first-order chi connectivity index (χ1) is 10.3. The molecule has 3 aromatic rings. The maximum absolute atomic E-state index is 4.55. The number of nitrogens with one attached hydrogen (secondary N) is 1. The summed E-state index contributed by atoms with van der Waals surface area (Å²) < 4.78 is 1.84. The predicted molar refractivity (Wildman–Crippen MR) is 85.1 cm³/mol. The van der Waals surface area contributed by atoms with E-state index in [1.807, 2.05) is 30.2 Å².